The highest BCUT2D eigenvalue weighted by molar-refractivity contribution is 9.10. The first kappa shape index (κ1) is 13.1. The van der Waals surface area contributed by atoms with Gasteiger partial charge in [0, 0.05) is 6.54 Å². The van der Waals surface area contributed by atoms with Gasteiger partial charge in [0.05, 0.1) is 17.3 Å². The van der Waals surface area contributed by atoms with Crippen LogP contribution in [0.4, 0.5) is 5.69 Å². The first-order valence-electron chi connectivity index (χ1n) is 5.15. The van der Waals surface area contributed by atoms with Gasteiger partial charge in [-0.2, -0.15) is 0 Å². The van der Waals surface area contributed by atoms with Crippen molar-refractivity contribution in [3.8, 4) is 0 Å². The summed E-state index contributed by atoms with van der Waals surface area (Å²) in [6.45, 7) is 4.14. The van der Waals surface area contributed by atoms with Gasteiger partial charge in [0.2, 0.25) is 5.91 Å². The van der Waals surface area contributed by atoms with E-state index in [-0.39, 0.29) is 5.91 Å². The molecule has 5 heteroatoms. The Labute approximate surface area is 104 Å². The van der Waals surface area contributed by atoms with Crippen LogP contribution in [0.25, 0.3) is 0 Å². The molecule has 0 aromatic carbocycles. The Hall–Kier alpha value is -0.940. The Morgan fingerprint density at radius 1 is 1.62 bits per heavy atom. The van der Waals surface area contributed by atoms with Crippen molar-refractivity contribution in [2.24, 2.45) is 11.1 Å². The van der Waals surface area contributed by atoms with E-state index in [2.05, 4.69) is 26.2 Å². The number of carbonyl (C=O) groups is 1. The second-order valence-electron chi connectivity index (χ2n) is 3.94. The molecule has 0 bridgehead atoms. The number of hydrogen-bond acceptors (Lipinski definition) is 3. The third-order valence-corrected chi connectivity index (χ3v) is 3.23. The number of nitrogens with one attached hydrogen (secondary N) is 1. The Morgan fingerprint density at radius 3 is 2.75 bits per heavy atom. The average molecular weight is 286 g/mol. The van der Waals surface area contributed by atoms with Gasteiger partial charge in [-0.05, 0) is 41.4 Å². The summed E-state index contributed by atoms with van der Waals surface area (Å²) in [7, 11) is 0. The minimum atomic E-state index is -0.521. The average Bonchev–Trinajstić information content (AvgIpc) is 2.31. The van der Waals surface area contributed by atoms with Crippen molar-refractivity contribution >= 4 is 27.5 Å². The fraction of sp³-hybridized carbons (Fsp3) is 0.455. The molecule has 0 saturated heterocycles. The molecule has 88 valence electrons. The summed E-state index contributed by atoms with van der Waals surface area (Å²) in [4.78, 5) is 16.0. The fourth-order valence-electron chi connectivity index (χ4n) is 1.13. The Kier molecular flexibility index (Phi) is 4.44. The molecule has 1 aromatic heterocycles. The van der Waals surface area contributed by atoms with Gasteiger partial charge in [0.1, 0.15) is 4.60 Å². The Morgan fingerprint density at radius 2 is 2.31 bits per heavy atom. The molecule has 4 nitrogen and oxygen atoms in total. The summed E-state index contributed by atoms with van der Waals surface area (Å²) in [5.41, 5.74) is 5.77. The van der Waals surface area contributed by atoms with Crippen molar-refractivity contribution in [1.82, 2.24) is 4.98 Å². The molecule has 3 N–H and O–H groups in total. The van der Waals surface area contributed by atoms with Crippen LogP contribution >= 0.6 is 15.9 Å². The first-order chi connectivity index (χ1) is 7.51. The highest BCUT2D eigenvalue weighted by Gasteiger charge is 2.29. The Balaban J connectivity index is 2.74. The van der Waals surface area contributed by atoms with E-state index in [1.54, 1.807) is 18.3 Å². The lowest BCUT2D eigenvalue weighted by atomic mass is 9.86. The molecule has 0 radical (unpaired) electrons. The van der Waals surface area contributed by atoms with Crippen LogP contribution in [-0.2, 0) is 4.79 Å². The topological polar surface area (TPSA) is 68.0 Å². The van der Waals surface area contributed by atoms with Crippen LogP contribution in [-0.4, -0.2) is 17.4 Å². The number of amides is 1. The lowest BCUT2D eigenvalue weighted by Gasteiger charge is -2.24. The molecular formula is C11H16BrN3O. The minimum absolute atomic E-state index is 0.0679. The van der Waals surface area contributed by atoms with Gasteiger partial charge < -0.3 is 11.1 Å². The van der Waals surface area contributed by atoms with Crippen LogP contribution in [0, 0.1) is 5.41 Å². The summed E-state index contributed by atoms with van der Waals surface area (Å²) in [6.07, 6.45) is 2.31. The standard InChI is InChI=1S/C11H16BrN3O/c1-3-11(2,7-13)10(16)15-8-4-5-9(12)14-6-8/h4-6H,3,7,13H2,1-2H3,(H,15,16). The molecule has 0 aliphatic heterocycles. The molecule has 16 heavy (non-hydrogen) atoms. The lowest BCUT2D eigenvalue weighted by molar-refractivity contribution is -0.124. The third kappa shape index (κ3) is 3.02. The normalized spacial score (nSPS) is 14.2. The smallest absolute Gasteiger partial charge is 0.231 e. The van der Waals surface area contributed by atoms with Crippen molar-refractivity contribution < 1.29 is 4.79 Å². The SMILES string of the molecule is CCC(C)(CN)C(=O)Nc1ccc(Br)nc1. The predicted molar refractivity (Wildman–Crippen MR) is 68.0 cm³/mol. The summed E-state index contributed by atoms with van der Waals surface area (Å²) >= 11 is 3.23. The minimum Gasteiger partial charge on any atom is -0.329 e. The number of nitrogens with two attached hydrogens (primary N) is 1. The van der Waals surface area contributed by atoms with Crippen molar-refractivity contribution in [2.45, 2.75) is 20.3 Å². The largest absolute Gasteiger partial charge is 0.329 e. The quantitative estimate of drug-likeness (QED) is 0.833. The highest BCUT2D eigenvalue weighted by atomic mass is 79.9. The van der Waals surface area contributed by atoms with E-state index in [0.29, 0.717) is 18.7 Å². The predicted octanol–water partition coefficient (Wildman–Crippen LogP) is 2.16. The van der Waals surface area contributed by atoms with Gasteiger partial charge in [0.25, 0.3) is 0 Å². The first-order valence-corrected chi connectivity index (χ1v) is 5.94. The monoisotopic (exact) mass is 285 g/mol. The summed E-state index contributed by atoms with van der Waals surface area (Å²) < 4.78 is 0.738. The summed E-state index contributed by atoms with van der Waals surface area (Å²) in [5.74, 6) is -0.0679. The number of carbonyl (C=O) groups excluding carboxylic acids is 1. The van der Waals surface area contributed by atoms with Gasteiger partial charge in [0.15, 0.2) is 0 Å². The maximum absolute atomic E-state index is 12.0. The van der Waals surface area contributed by atoms with Crippen LogP contribution in [0.5, 0.6) is 0 Å². The molecule has 0 saturated carbocycles. The second-order valence-corrected chi connectivity index (χ2v) is 4.75. The number of hydrogen-bond donors (Lipinski definition) is 2. The molecule has 1 aromatic rings. The van der Waals surface area contributed by atoms with Gasteiger partial charge in [-0.25, -0.2) is 4.98 Å². The maximum atomic E-state index is 12.0. The number of halogens is 1. The molecule has 0 fully saturated rings. The van der Waals surface area contributed by atoms with Crippen molar-refractivity contribution in [3.63, 3.8) is 0 Å². The van der Waals surface area contributed by atoms with Crippen LogP contribution in [0.3, 0.4) is 0 Å². The fourth-order valence-corrected chi connectivity index (χ4v) is 1.36. The summed E-state index contributed by atoms with van der Waals surface area (Å²) in [5, 5.41) is 2.81. The van der Waals surface area contributed by atoms with Gasteiger partial charge >= 0.3 is 0 Å². The van der Waals surface area contributed by atoms with E-state index in [4.69, 9.17) is 5.73 Å². The van der Waals surface area contributed by atoms with Crippen LogP contribution in [0.15, 0.2) is 22.9 Å². The van der Waals surface area contributed by atoms with Crippen molar-refractivity contribution in [1.29, 1.82) is 0 Å². The summed E-state index contributed by atoms with van der Waals surface area (Å²) in [6, 6.07) is 3.57. The molecule has 1 rings (SSSR count). The number of anilines is 1. The lowest BCUT2D eigenvalue weighted by Crippen LogP contribution is -2.39. The maximum Gasteiger partial charge on any atom is 0.231 e. The number of pyridine rings is 1. The zero-order chi connectivity index (χ0) is 12.2. The molecule has 1 amide bonds. The van der Waals surface area contributed by atoms with Crippen molar-refractivity contribution in [2.75, 3.05) is 11.9 Å². The Bertz CT molecular complexity index is 360. The van der Waals surface area contributed by atoms with Crippen molar-refractivity contribution in [3.05, 3.63) is 22.9 Å². The van der Waals surface area contributed by atoms with Gasteiger partial charge in [-0.15, -0.1) is 0 Å². The highest BCUT2D eigenvalue weighted by Crippen LogP contribution is 2.22. The van der Waals surface area contributed by atoms with Gasteiger partial charge in [-0.3, -0.25) is 4.79 Å². The molecule has 1 unspecified atom stereocenters. The third-order valence-electron chi connectivity index (χ3n) is 2.76. The van der Waals surface area contributed by atoms with E-state index in [1.165, 1.54) is 0 Å². The number of nitrogens with zero attached hydrogens (tertiary/aromatic N) is 1. The van der Waals surface area contributed by atoms with Crippen LogP contribution < -0.4 is 11.1 Å². The number of aromatic nitrogens is 1. The van der Waals surface area contributed by atoms with Crippen LogP contribution in [0.2, 0.25) is 0 Å². The molecular weight excluding hydrogens is 270 g/mol. The van der Waals surface area contributed by atoms with E-state index in [9.17, 15) is 4.79 Å². The second kappa shape index (κ2) is 5.41. The van der Waals surface area contributed by atoms with E-state index in [0.717, 1.165) is 4.60 Å². The number of rotatable bonds is 4. The molecule has 0 aliphatic carbocycles. The molecule has 1 heterocycles. The molecule has 0 spiro atoms. The zero-order valence-electron chi connectivity index (χ0n) is 9.46. The van der Waals surface area contributed by atoms with E-state index >= 15 is 0 Å². The molecule has 1 atom stereocenters. The molecule has 0 aliphatic rings. The van der Waals surface area contributed by atoms with E-state index in [1.807, 2.05) is 13.8 Å². The van der Waals surface area contributed by atoms with E-state index < -0.39 is 5.41 Å². The van der Waals surface area contributed by atoms with Gasteiger partial charge in [-0.1, -0.05) is 6.92 Å². The van der Waals surface area contributed by atoms with Crippen LogP contribution in [0.1, 0.15) is 20.3 Å². The zero-order valence-corrected chi connectivity index (χ0v) is 11.0.